The Bertz CT molecular complexity index is 747. The number of nitriles is 1. The molecule has 23 heavy (non-hydrogen) atoms. The molecule has 2 aromatic rings. The van der Waals surface area contributed by atoms with Gasteiger partial charge in [0, 0.05) is 0 Å². The zero-order chi connectivity index (χ0) is 16.5. The third-order valence-corrected chi connectivity index (χ3v) is 2.74. The molecule has 0 spiro atoms. The number of nitrogens with one attached hydrogen (secondary N) is 1. The van der Waals surface area contributed by atoms with E-state index in [4.69, 9.17) is 10.00 Å². The van der Waals surface area contributed by atoms with Crippen LogP contribution in [-0.2, 0) is 4.79 Å². The molecule has 2 aromatic carbocycles. The van der Waals surface area contributed by atoms with Crippen molar-refractivity contribution in [2.24, 2.45) is 5.10 Å². The lowest BCUT2D eigenvalue weighted by molar-refractivity contribution is -0.120. The average molecular weight is 307 g/mol. The Morgan fingerprint density at radius 3 is 2.48 bits per heavy atom. The molecule has 1 N–H and O–H groups in total. The van der Waals surface area contributed by atoms with Gasteiger partial charge >= 0.3 is 5.97 Å². The van der Waals surface area contributed by atoms with Gasteiger partial charge in [0.05, 0.1) is 17.8 Å². The first kappa shape index (κ1) is 15.9. The number of hydrogen-bond acceptors (Lipinski definition) is 5. The van der Waals surface area contributed by atoms with Gasteiger partial charge in [-0.3, -0.25) is 4.79 Å². The molecule has 1 amide bonds. The lowest BCUT2D eigenvalue weighted by Crippen LogP contribution is -2.16. The second kappa shape index (κ2) is 8.10. The molecule has 0 aromatic heterocycles. The number of esters is 1. The maximum atomic E-state index is 11.9. The minimum atomic E-state index is -0.475. The summed E-state index contributed by atoms with van der Waals surface area (Å²) in [5.41, 5.74) is 3.40. The van der Waals surface area contributed by atoms with Crippen LogP contribution >= 0.6 is 0 Å². The molecule has 0 aliphatic rings. The lowest BCUT2D eigenvalue weighted by Gasteiger charge is -2.04. The van der Waals surface area contributed by atoms with Gasteiger partial charge in [-0.05, 0) is 42.0 Å². The number of benzene rings is 2. The number of carbonyl (C=O) groups is 2. The van der Waals surface area contributed by atoms with Crippen molar-refractivity contribution in [1.82, 2.24) is 5.43 Å². The van der Waals surface area contributed by atoms with Crippen LogP contribution in [0.4, 0.5) is 0 Å². The minimum Gasteiger partial charge on any atom is -0.423 e. The van der Waals surface area contributed by atoms with Gasteiger partial charge < -0.3 is 4.74 Å². The zero-order valence-electron chi connectivity index (χ0n) is 12.1. The van der Waals surface area contributed by atoms with E-state index in [-0.39, 0.29) is 6.42 Å². The third kappa shape index (κ3) is 5.10. The van der Waals surface area contributed by atoms with Crippen molar-refractivity contribution in [3.63, 3.8) is 0 Å². The first-order valence-corrected chi connectivity index (χ1v) is 6.75. The molecule has 114 valence electrons. The number of rotatable bonds is 5. The van der Waals surface area contributed by atoms with Crippen LogP contribution in [0.1, 0.15) is 22.3 Å². The van der Waals surface area contributed by atoms with Crippen molar-refractivity contribution in [3.8, 4) is 11.8 Å². The first-order chi connectivity index (χ1) is 11.2. The van der Waals surface area contributed by atoms with Gasteiger partial charge in [-0.25, -0.2) is 10.2 Å². The summed E-state index contributed by atoms with van der Waals surface area (Å²) in [4.78, 5) is 22.9. The highest BCUT2D eigenvalue weighted by atomic mass is 16.5. The third-order valence-electron chi connectivity index (χ3n) is 2.74. The number of hydrazone groups is 1. The molecule has 0 heterocycles. The summed E-state index contributed by atoms with van der Waals surface area (Å²) in [6, 6.07) is 17.0. The molecule has 0 bridgehead atoms. The monoisotopic (exact) mass is 307 g/mol. The van der Waals surface area contributed by atoms with Gasteiger partial charge in [-0.2, -0.15) is 10.4 Å². The number of hydrogen-bond donors (Lipinski definition) is 1. The molecule has 0 fully saturated rings. The maximum Gasteiger partial charge on any atom is 0.343 e. The molecule has 6 heteroatoms. The molecule has 0 unspecified atom stereocenters. The standard InChI is InChI=1S/C17H13N3O3/c18-11-10-16(21)20-19-12-13-6-8-15(9-7-13)23-17(22)14-4-2-1-3-5-14/h1-9,12H,10H2,(H,20,21)/b19-12-. The van der Waals surface area contributed by atoms with Crippen LogP contribution in [0.25, 0.3) is 0 Å². The Balaban J connectivity index is 1.92. The molecule has 0 atom stereocenters. The van der Waals surface area contributed by atoms with E-state index in [0.29, 0.717) is 16.9 Å². The Morgan fingerprint density at radius 2 is 1.83 bits per heavy atom. The maximum absolute atomic E-state index is 11.9. The molecule has 2 rings (SSSR count). The van der Waals surface area contributed by atoms with Gasteiger partial charge in [0.25, 0.3) is 5.91 Å². The number of amides is 1. The average Bonchev–Trinajstić information content (AvgIpc) is 2.57. The normalized spacial score (nSPS) is 10.0. The van der Waals surface area contributed by atoms with Crippen LogP contribution < -0.4 is 10.2 Å². The van der Waals surface area contributed by atoms with Crippen molar-refractivity contribution in [2.45, 2.75) is 6.42 Å². The summed E-state index contributed by atoms with van der Waals surface area (Å²) >= 11 is 0. The molecule has 0 saturated carbocycles. The SMILES string of the molecule is N#CCC(=O)N/N=C\c1ccc(OC(=O)c2ccccc2)cc1. The fraction of sp³-hybridized carbons (Fsp3) is 0.0588. The summed E-state index contributed by atoms with van der Waals surface area (Å²) in [5, 5.41) is 12.0. The van der Waals surface area contributed by atoms with Crippen molar-refractivity contribution >= 4 is 18.1 Å². The fourth-order valence-corrected chi connectivity index (χ4v) is 1.65. The van der Waals surface area contributed by atoms with E-state index in [2.05, 4.69) is 10.5 Å². The largest absolute Gasteiger partial charge is 0.423 e. The molecule has 0 radical (unpaired) electrons. The fourth-order valence-electron chi connectivity index (χ4n) is 1.65. The summed E-state index contributed by atoms with van der Waals surface area (Å²) in [6.07, 6.45) is 1.18. The van der Waals surface area contributed by atoms with Crippen molar-refractivity contribution in [1.29, 1.82) is 5.26 Å². The van der Waals surface area contributed by atoms with E-state index in [1.54, 1.807) is 54.6 Å². The number of carbonyl (C=O) groups excluding carboxylic acids is 2. The van der Waals surface area contributed by atoms with Gasteiger partial charge in [0.2, 0.25) is 0 Å². The molecule has 0 aliphatic carbocycles. The van der Waals surface area contributed by atoms with Crippen molar-refractivity contribution in [2.75, 3.05) is 0 Å². The highest BCUT2D eigenvalue weighted by molar-refractivity contribution is 5.91. The van der Waals surface area contributed by atoms with Crippen LogP contribution in [0.15, 0.2) is 59.7 Å². The van der Waals surface area contributed by atoms with E-state index in [1.807, 2.05) is 6.07 Å². The predicted molar refractivity (Wildman–Crippen MR) is 83.8 cm³/mol. The highest BCUT2D eigenvalue weighted by Crippen LogP contribution is 2.13. The number of nitrogens with zero attached hydrogens (tertiary/aromatic N) is 2. The first-order valence-electron chi connectivity index (χ1n) is 6.75. The van der Waals surface area contributed by atoms with Gasteiger partial charge in [-0.1, -0.05) is 18.2 Å². The molecular formula is C17H13N3O3. The number of ether oxygens (including phenoxy) is 1. The Labute approximate surface area is 133 Å². The van der Waals surface area contributed by atoms with E-state index in [1.165, 1.54) is 6.21 Å². The summed E-state index contributed by atoms with van der Waals surface area (Å²) in [6.45, 7) is 0. The molecule has 6 nitrogen and oxygen atoms in total. The Hall–Kier alpha value is -3.46. The van der Waals surface area contributed by atoms with E-state index in [9.17, 15) is 9.59 Å². The van der Waals surface area contributed by atoms with Crippen molar-refractivity contribution in [3.05, 3.63) is 65.7 Å². The summed E-state index contributed by atoms with van der Waals surface area (Å²) in [7, 11) is 0. The van der Waals surface area contributed by atoms with Crippen LogP contribution in [0.3, 0.4) is 0 Å². The zero-order valence-corrected chi connectivity index (χ0v) is 12.1. The summed E-state index contributed by atoms with van der Waals surface area (Å²) < 4.78 is 5.24. The second-order valence-corrected chi connectivity index (χ2v) is 4.45. The molecular weight excluding hydrogens is 294 g/mol. The van der Waals surface area contributed by atoms with E-state index < -0.39 is 11.9 Å². The van der Waals surface area contributed by atoms with Gasteiger partial charge in [-0.15, -0.1) is 0 Å². The van der Waals surface area contributed by atoms with Crippen LogP contribution in [0, 0.1) is 11.3 Å². The van der Waals surface area contributed by atoms with E-state index >= 15 is 0 Å². The Kier molecular flexibility index (Phi) is 5.61. The quantitative estimate of drug-likeness (QED) is 0.397. The molecule has 0 aliphatic heterocycles. The van der Waals surface area contributed by atoms with Crippen molar-refractivity contribution < 1.29 is 14.3 Å². The van der Waals surface area contributed by atoms with E-state index in [0.717, 1.165) is 0 Å². The minimum absolute atomic E-state index is 0.244. The second-order valence-electron chi connectivity index (χ2n) is 4.45. The molecule has 0 saturated heterocycles. The lowest BCUT2D eigenvalue weighted by atomic mass is 10.2. The van der Waals surface area contributed by atoms with Gasteiger partial charge in [0.1, 0.15) is 12.2 Å². The topological polar surface area (TPSA) is 91.6 Å². The highest BCUT2D eigenvalue weighted by Gasteiger charge is 2.07. The smallest absolute Gasteiger partial charge is 0.343 e. The Morgan fingerprint density at radius 1 is 1.13 bits per heavy atom. The predicted octanol–water partition coefficient (Wildman–Crippen LogP) is 2.27. The van der Waals surface area contributed by atoms with Gasteiger partial charge in [0.15, 0.2) is 0 Å². The van der Waals surface area contributed by atoms with Crippen LogP contribution in [0.5, 0.6) is 5.75 Å². The van der Waals surface area contributed by atoms with Crippen LogP contribution in [0.2, 0.25) is 0 Å². The van der Waals surface area contributed by atoms with Crippen LogP contribution in [-0.4, -0.2) is 18.1 Å². The summed E-state index contributed by atoms with van der Waals surface area (Å²) in [5.74, 6) is -0.502.